The van der Waals surface area contributed by atoms with E-state index < -0.39 is 0 Å². The van der Waals surface area contributed by atoms with E-state index in [1.54, 1.807) is 14.2 Å². The first-order valence-electron chi connectivity index (χ1n) is 7.40. The molecule has 1 saturated carbocycles. The molecule has 1 aromatic rings. The summed E-state index contributed by atoms with van der Waals surface area (Å²) in [7, 11) is 3.52. The van der Waals surface area contributed by atoms with Crippen LogP contribution >= 0.6 is 35.6 Å². The Hall–Kier alpha value is -0.530. The van der Waals surface area contributed by atoms with Crippen molar-refractivity contribution in [3.63, 3.8) is 0 Å². The van der Waals surface area contributed by atoms with Gasteiger partial charge in [-0.05, 0) is 37.0 Å². The fourth-order valence-corrected chi connectivity index (χ4v) is 2.54. The summed E-state index contributed by atoms with van der Waals surface area (Å²) in [6.07, 6.45) is 3.39. The summed E-state index contributed by atoms with van der Waals surface area (Å²) >= 11 is 5.96. The van der Waals surface area contributed by atoms with E-state index >= 15 is 0 Å². The van der Waals surface area contributed by atoms with Crippen LogP contribution in [0.5, 0.6) is 0 Å². The van der Waals surface area contributed by atoms with E-state index in [9.17, 15) is 0 Å². The second-order valence-electron chi connectivity index (χ2n) is 5.49. The van der Waals surface area contributed by atoms with E-state index in [1.165, 1.54) is 18.4 Å². The number of aliphatic imine (C=N–C) groups is 1. The van der Waals surface area contributed by atoms with Crippen molar-refractivity contribution in [2.75, 3.05) is 33.9 Å². The van der Waals surface area contributed by atoms with E-state index in [4.69, 9.17) is 16.3 Å². The minimum Gasteiger partial charge on any atom is -0.385 e. The van der Waals surface area contributed by atoms with Crippen LogP contribution in [0.25, 0.3) is 0 Å². The predicted molar refractivity (Wildman–Crippen MR) is 104 cm³/mol. The maximum Gasteiger partial charge on any atom is 0.191 e. The van der Waals surface area contributed by atoms with Crippen LogP contribution in [0.2, 0.25) is 5.02 Å². The number of guanidine groups is 1. The molecule has 0 heterocycles. The van der Waals surface area contributed by atoms with Crippen LogP contribution in [0.4, 0.5) is 0 Å². The molecule has 0 aliphatic heterocycles. The number of hydrogen-bond donors (Lipinski definition) is 2. The third-order valence-electron chi connectivity index (χ3n) is 3.95. The molecular weight excluding hydrogens is 413 g/mol. The SMILES string of the molecule is CN=C(NCCCOC)NCC1(c2ccc(Cl)cc2)CC1.I. The fourth-order valence-electron chi connectivity index (χ4n) is 2.42. The Bertz CT molecular complexity index is 475. The molecule has 0 unspecified atom stereocenters. The summed E-state index contributed by atoms with van der Waals surface area (Å²) in [6, 6.07) is 8.20. The summed E-state index contributed by atoms with van der Waals surface area (Å²) < 4.78 is 5.04. The minimum absolute atomic E-state index is 0. The first kappa shape index (κ1) is 19.5. The number of halogens is 2. The van der Waals surface area contributed by atoms with E-state index in [1.807, 2.05) is 12.1 Å². The second kappa shape index (κ2) is 9.57. The molecule has 124 valence electrons. The smallest absolute Gasteiger partial charge is 0.191 e. The van der Waals surface area contributed by atoms with Crippen LogP contribution in [-0.4, -0.2) is 39.8 Å². The summed E-state index contributed by atoms with van der Waals surface area (Å²) in [5, 5.41) is 7.52. The second-order valence-corrected chi connectivity index (χ2v) is 5.92. The van der Waals surface area contributed by atoms with Gasteiger partial charge in [-0.2, -0.15) is 0 Å². The molecule has 0 bridgehead atoms. The zero-order chi connectivity index (χ0) is 15.1. The quantitative estimate of drug-likeness (QED) is 0.298. The molecule has 2 rings (SSSR count). The molecule has 1 aromatic carbocycles. The maximum absolute atomic E-state index is 5.96. The zero-order valence-corrected chi connectivity index (χ0v) is 16.3. The molecule has 4 nitrogen and oxygen atoms in total. The van der Waals surface area contributed by atoms with Crippen LogP contribution in [0, 0.1) is 0 Å². The standard InChI is InChI=1S/C16H24ClN3O.HI/c1-18-15(19-10-3-11-21-2)20-12-16(8-9-16)13-4-6-14(17)7-5-13;/h4-7H,3,8-12H2,1-2H3,(H2,18,19,20);1H. The van der Waals surface area contributed by atoms with Crippen molar-refractivity contribution >= 4 is 41.5 Å². The lowest BCUT2D eigenvalue weighted by molar-refractivity contribution is 0.195. The third-order valence-corrected chi connectivity index (χ3v) is 4.20. The first-order valence-corrected chi connectivity index (χ1v) is 7.77. The molecule has 0 saturated heterocycles. The minimum atomic E-state index is 0. The highest BCUT2D eigenvalue weighted by Crippen LogP contribution is 2.47. The van der Waals surface area contributed by atoms with Crippen LogP contribution in [0.3, 0.4) is 0 Å². The number of rotatable bonds is 7. The molecule has 0 radical (unpaired) electrons. The van der Waals surface area contributed by atoms with Crippen molar-refractivity contribution in [1.82, 2.24) is 10.6 Å². The Morgan fingerprint density at radius 3 is 2.50 bits per heavy atom. The molecule has 2 N–H and O–H groups in total. The lowest BCUT2D eigenvalue weighted by Gasteiger charge is -2.19. The third kappa shape index (κ3) is 5.59. The van der Waals surface area contributed by atoms with Crippen molar-refractivity contribution in [2.45, 2.75) is 24.7 Å². The zero-order valence-electron chi connectivity index (χ0n) is 13.2. The van der Waals surface area contributed by atoms with Crippen molar-refractivity contribution < 1.29 is 4.74 Å². The lowest BCUT2D eigenvalue weighted by atomic mass is 9.96. The van der Waals surface area contributed by atoms with Gasteiger partial charge in [0.2, 0.25) is 0 Å². The lowest BCUT2D eigenvalue weighted by Crippen LogP contribution is -2.41. The average molecular weight is 438 g/mol. The Kier molecular flexibility index (Phi) is 8.49. The van der Waals surface area contributed by atoms with E-state index in [-0.39, 0.29) is 29.4 Å². The van der Waals surface area contributed by atoms with Crippen LogP contribution in [0.1, 0.15) is 24.8 Å². The summed E-state index contributed by atoms with van der Waals surface area (Å²) in [5.74, 6) is 0.853. The van der Waals surface area contributed by atoms with Gasteiger partial charge >= 0.3 is 0 Å². The van der Waals surface area contributed by atoms with Gasteiger partial charge in [-0.15, -0.1) is 24.0 Å². The normalized spacial score (nSPS) is 15.9. The summed E-state index contributed by atoms with van der Waals surface area (Å²) in [5.41, 5.74) is 1.60. The Morgan fingerprint density at radius 1 is 1.27 bits per heavy atom. The van der Waals surface area contributed by atoms with Gasteiger partial charge in [0.15, 0.2) is 5.96 Å². The van der Waals surface area contributed by atoms with Crippen molar-refractivity contribution in [1.29, 1.82) is 0 Å². The van der Waals surface area contributed by atoms with E-state index in [0.717, 1.165) is 37.1 Å². The topological polar surface area (TPSA) is 45.7 Å². The van der Waals surface area contributed by atoms with Crippen molar-refractivity contribution in [3.8, 4) is 0 Å². The molecule has 1 aliphatic carbocycles. The van der Waals surface area contributed by atoms with Gasteiger partial charge in [0.25, 0.3) is 0 Å². The molecule has 0 spiro atoms. The Balaban J connectivity index is 0.00000242. The molecule has 6 heteroatoms. The molecule has 0 atom stereocenters. The Labute approximate surface area is 155 Å². The van der Waals surface area contributed by atoms with Gasteiger partial charge in [-0.25, -0.2) is 0 Å². The highest BCUT2D eigenvalue weighted by Gasteiger charge is 2.44. The maximum atomic E-state index is 5.96. The van der Waals surface area contributed by atoms with Gasteiger partial charge < -0.3 is 15.4 Å². The fraction of sp³-hybridized carbons (Fsp3) is 0.562. The van der Waals surface area contributed by atoms with Crippen LogP contribution < -0.4 is 10.6 Å². The largest absolute Gasteiger partial charge is 0.385 e. The number of benzene rings is 1. The first-order chi connectivity index (χ1) is 10.2. The Morgan fingerprint density at radius 2 is 1.95 bits per heavy atom. The molecule has 0 aromatic heterocycles. The molecule has 0 amide bonds. The summed E-state index contributed by atoms with van der Waals surface area (Å²) in [6.45, 7) is 2.53. The van der Waals surface area contributed by atoms with E-state index in [0.29, 0.717) is 0 Å². The number of ether oxygens (including phenoxy) is 1. The number of methoxy groups -OCH3 is 1. The summed E-state index contributed by atoms with van der Waals surface area (Å²) in [4.78, 5) is 4.26. The average Bonchev–Trinajstić information content (AvgIpc) is 3.28. The van der Waals surface area contributed by atoms with Gasteiger partial charge in [-0.3, -0.25) is 4.99 Å². The van der Waals surface area contributed by atoms with E-state index in [2.05, 4.69) is 27.8 Å². The van der Waals surface area contributed by atoms with Gasteiger partial charge in [-0.1, -0.05) is 23.7 Å². The molecule has 1 fully saturated rings. The van der Waals surface area contributed by atoms with Crippen LogP contribution in [-0.2, 0) is 10.2 Å². The van der Waals surface area contributed by atoms with Gasteiger partial charge in [0.1, 0.15) is 0 Å². The molecule has 22 heavy (non-hydrogen) atoms. The number of nitrogens with zero attached hydrogens (tertiary/aromatic N) is 1. The van der Waals surface area contributed by atoms with Crippen molar-refractivity contribution in [2.24, 2.45) is 4.99 Å². The molecular formula is C16H25ClIN3O. The van der Waals surface area contributed by atoms with Crippen molar-refractivity contribution in [3.05, 3.63) is 34.9 Å². The highest BCUT2D eigenvalue weighted by atomic mass is 127. The monoisotopic (exact) mass is 437 g/mol. The number of hydrogen-bond acceptors (Lipinski definition) is 2. The van der Waals surface area contributed by atoms with Gasteiger partial charge in [0.05, 0.1) is 0 Å². The molecule has 1 aliphatic rings. The van der Waals surface area contributed by atoms with Crippen LogP contribution in [0.15, 0.2) is 29.3 Å². The predicted octanol–water partition coefficient (Wildman–Crippen LogP) is 3.19. The highest BCUT2D eigenvalue weighted by molar-refractivity contribution is 14.0. The number of nitrogens with one attached hydrogen (secondary N) is 2. The van der Waals surface area contributed by atoms with Gasteiger partial charge in [0, 0.05) is 44.3 Å².